The van der Waals surface area contributed by atoms with E-state index in [4.69, 9.17) is 4.42 Å². The zero-order chi connectivity index (χ0) is 20.3. The molecule has 0 aliphatic carbocycles. The van der Waals surface area contributed by atoms with Crippen LogP contribution in [0.4, 0.5) is 11.6 Å². The van der Waals surface area contributed by atoms with Gasteiger partial charge in [0.25, 0.3) is 0 Å². The standard InChI is InChI=1S/C19H19N7O2S2/c27-16(20-14-6-3-7-15-17(14)24-30-23-15)12-29-19-22-21-18(25-8-1-2-9-25)26(19)11-13-5-4-10-28-13/h3-7,10H,1-2,8-9,11-12H2,(H,20,27). The number of hydrogen-bond donors (Lipinski definition) is 1. The van der Waals surface area contributed by atoms with Gasteiger partial charge in [-0.15, -0.1) is 10.2 Å². The third kappa shape index (κ3) is 3.90. The fourth-order valence-corrected chi connectivity index (χ4v) is 4.74. The van der Waals surface area contributed by atoms with Crippen LogP contribution in [0.15, 0.2) is 46.2 Å². The van der Waals surface area contributed by atoms with Crippen LogP contribution in [0.1, 0.15) is 18.6 Å². The van der Waals surface area contributed by atoms with Crippen LogP contribution in [0.5, 0.6) is 0 Å². The van der Waals surface area contributed by atoms with E-state index < -0.39 is 0 Å². The summed E-state index contributed by atoms with van der Waals surface area (Å²) in [6, 6.07) is 9.35. The van der Waals surface area contributed by atoms with Gasteiger partial charge in [0.2, 0.25) is 11.9 Å². The Hall–Kier alpha value is -2.92. The molecule has 4 aromatic rings. The van der Waals surface area contributed by atoms with Gasteiger partial charge in [0, 0.05) is 13.1 Å². The summed E-state index contributed by atoms with van der Waals surface area (Å²) in [4.78, 5) is 14.8. The number of amides is 1. The molecule has 1 N–H and O–H groups in total. The second-order valence-corrected chi connectivity index (χ2v) is 8.39. The summed E-state index contributed by atoms with van der Waals surface area (Å²) in [5.74, 6) is 1.73. The molecule has 5 rings (SSSR count). The van der Waals surface area contributed by atoms with E-state index in [1.165, 1.54) is 11.8 Å². The van der Waals surface area contributed by atoms with E-state index >= 15 is 0 Å². The highest BCUT2D eigenvalue weighted by Crippen LogP contribution is 2.27. The highest BCUT2D eigenvalue weighted by atomic mass is 32.2. The largest absolute Gasteiger partial charge is 0.467 e. The van der Waals surface area contributed by atoms with Gasteiger partial charge < -0.3 is 14.6 Å². The van der Waals surface area contributed by atoms with E-state index in [2.05, 4.69) is 29.2 Å². The minimum atomic E-state index is -0.129. The molecule has 0 saturated carbocycles. The summed E-state index contributed by atoms with van der Waals surface area (Å²) in [6.45, 7) is 2.46. The number of carbonyl (C=O) groups excluding carboxylic acids is 1. The van der Waals surface area contributed by atoms with Crippen molar-refractivity contribution in [3.05, 3.63) is 42.4 Å². The van der Waals surface area contributed by atoms with Crippen molar-refractivity contribution >= 4 is 52.1 Å². The van der Waals surface area contributed by atoms with Gasteiger partial charge in [-0.1, -0.05) is 17.8 Å². The van der Waals surface area contributed by atoms with Crippen LogP contribution in [0.25, 0.3) is 11.0 Å². The third-order valence-corrected chi connectivity index (χ3v) is 6.38. The van der Waals surface area contributed by atoms with Gasteiger partial charge in [-0.2, -0.15) is 8.75 Å². The van der Waals surface area contributed by atoms with Gasteiger partial charge in [0.15, 0.2) is 5.16 Å². The van der Waals surface area contributed by atoms with Crippen molar-refractivity contribution in [2.24, 2.45) is 0 Å². The Balaban J connectivity index is 1.31. The van der Waals surface area contributed by atoms with Crippen molar-refractivity contribution in [1.29, 1.82) is 0 Å². The number of anilines is 2. The molecule has 30 heavy (non-hydrogen) atoms. The maximum Gasteiger partial charge on any atom is 0.234 e. The Morgan fingerprint density at radius 3 is 2.90 bits per heavy atom. The van der Waals surface area contributed by atoms with Gasteiger partial charge in [0.05, 0.1) is 36.0 Å². The molecule has 9 nitrogen and oxygen atoms in total. The molecular formula is C19H19N7O2S2. The lowest BCUT2D eigenvalue weighted by atomic mass is 10.2. The minimum absolute atomic E-state index is 0.129. The lowest BCUT2D eigenvalue weighted by Gasteiger charge is -2.17. The maximum atomic E-state index is 12.6. The van der Waals surface area contributed by atoms with E-state index in [1.807, 2.05) is 34.9 Å². The predicted molar refractivity (Wildman–Crippen MR) is 116 cm³/mol. The lowest BCUT2D eigenvalue weighted by Crippen LogP contribution is -2.22. The van der Waals surface area contributed by atoms with Crippen LogP contribution in [-0.2, 0) is 11.3 Å². The summed E-state index contributed by atoms with van der Waals surface area (Å²) in [7, 11) is 0. The monoisotopic (exact) mass is 441 g/mol. The van der Waals surface area contributed by atoms with Crippen molar-refractivity contribution in [1.82, 2.24) is 23.5 Å². The van der Waals surface area contributed by atoms with Gasteiger partial charge in [-0.25, -0.2) is 0 Å². The predicted octanol–water partition coefficient (Wildman–Crippen LogP) is 3.26. The Kier molecular flexibility index (Phi) is 5.37. The normalized spacial score (nSPS) is 13.9. The number of carbonyl (C=O) groups is 1. The first-order chi connectivity index (χ1) is 14.8. The molecule has 1 saturated heterocycles. The number of hydrogen-bond acceptors (Lipinski definition) is 9. The second kappa shape index (κ2) is 8.44. The van der Waals surface area contributed by atoms with Crippen LogP contribution in [-0.4, -0.2) is 48.3 Å². The number of aromatic nitrogens is 5. The molecule has 0 radical (unpaired) electrons. The fourth-order valence-electron chi connectivity index (χ4n) is 3.46. The number of nitrogens with zero attached hydrogens (tertiary/aromatic N) is 6. The van der Waals surface area contributed by atoms with Crippen LogP contribution < -0.4 is 10.2 Å². The topological polar surface area (TPSA) is 102 Å². The summed E-state index contributed by atoms with van der Waals surface area (Å²) >= 11 is 2.49. The van der Waals surface area contributed by atoms with Crippen LogP contribution >= 0.6 is 23.5 Å². The smallest absolute Gasteiger partial charge is 0.234 e. The highest BCUT2D eigenvalue weighted by molar-refractivity contribution is 7.99. The first kappa shape index (κ1) is 19.1. The van der Waals surface area contributed by atoms with Crippen molar-refractivity contribution in [2.45, 2.75) is 24.5 Å². The Morgan fingerprint density at radius 1 is 1.17 bits per heavy atom. The number of furan rings is 1. The number of rotatable bonds is 7. The van der Waals surface area contributed by atoms with E-state index in [0.717, 1.165) is 54.9 Å². The molecule has 1 aromatic carbocycles. The van der Waals surface area contributed by atoms with Crippen LogP contribution in [0, 0.1) is 0 Å². The number of fused-ring (bicyclic) bond motifs is 1. The number of benzene rings is 1. The van der Waals surface area contributed by atoms with Crippen LogP contribution in [0.2, 0.25) is 0 Å². The molecule has 1 aliphatic rings. The van der Waals surface area contributed by atoms with E-state index in [-0.39, 0.29) is 11.7 Å². The van der Waals surface area contributed by atoms with Gasteiger partial charge in [-0.3, -0.25) is 9.36 Å². The fraction of sp³-hybridized carbons (Fsp3) is 0.316. The zero-order valence-electron chi connectivity index (χ0n) is 16.0. The summed E-state index contributed by atoms with van der Waals surface area (Å²) in [5.41, 5.74) is 2.15. The molecule has 4 heterocycles. The molecule has 1 fully saturated rings. The van der Waals surface area contributed by atoms with Crippen LogP contribution in [0.3, 0.4) is 0 Å². The van der Waals surface area contributed by atoms with Crippen molar-refractivity contribution in [3.8, 4) is 0 Å². The SMILES string of the molecule is O=C(CSc1nnc(N2CCCC2)n1Cc1ccco1)Nc1cccc2nsnc12. The average molecular weight is 442 g/mol. The Labute approximate surface area is 180 Å². The third-order valence-electron chi connectivity index (χ3n) is 4.87. The number of thioether (sulfide) groups is 1. The molecule has 11 heteroatoms. The second-order valence-electron chi connectivity index (χ2n) is 6.92. The van der Waals surface area contributed by atoms with Crippen molar-refractivity contribution in [3.63, 3.8) is 0 Å². The molecule has 1 aliphatic heterocycles. The van der Waals surface area contributed by atoms with Crippen molar-refractivity contribution in [2.75, 3.05) is 29.1 Å². The molecule has 3 aromatic heterocycles. The van der Waals surface area contributed by atoms with Crippen molar-refractivity contribution < 1.29 is 9.21 Å². The van der Waals surface area contributed by atoms with Gasteiger partial charge in [0.1, 0.15) is 16.8 Å². The maximum absolute atomic E-state index is 12.6. The van der Waals surface area contributed by atoms with Gasteiger partial charge in [-0.05, 0) is 37.1 Å². The molecule has 1 amide bonds. The molecule has 154 valence electrons. The molecule has 0 unspecified atom stereocenters. The lowest BCUT2D eigenvalue weighted by molar-refractivity contribution is -0.113. The number of nitrogens with one attached hydrogen (secondary N) is 1. The zero-order valence-corrected chi connectivity index (χ0v) is 17.7. The van der Waals surface area contributed by atoms with E-state index in [1.54, 1.807) is 6.26 Å². The Morgan fingerprint density at radius 2 is 2.07 bits per heavy atom. The minimum Gasteiger partial charge on any atom is -0.467 e. The van der Waals surface area contributed by atoms with E-state index in [0.29, 0.717) is 22.9 Å². The summed E-state index contributed by atoms with van der Waals surface area (Å²) in [6.07, 6.45) is 3.95. The quantitative estimate of drug-likeness (QED) is 0.436. The van der Waals surface area contributed by atoms with Gasteiger partial charge >= 0.3 is 0 Å². The summed E-state index contributed by atoms with van der Waals surface area (Å²) < 4.78 is 16.0. The molecule has 0 atom stereocenters. The molecular weight excluding hydrogens is 422 g/mol. The first-order valence-corrected chi connectivity index (χ1v) is 11.3. The first-order valence-electron chi connectivity index (χ1n) is 9.62. The average Bonchev–Trinajstić information content (AvgIpc) is 3.53. The summed E-state index contributed by atoms with van der Waals surface area (Å²) in [5, 5.41) is 12.4. The molecule has 0 bridgehead atoms. The highest BCUT2D eigenvalue weighted by Gasteiger charge is 2.22. The molecule has 0 spiro atoms. The Bertz CT molecular complexity index is 1150. The van der Waals surface area contributed by atoms with E-state index in [9.17, 15) is 4.79 Å².